The summed E-state index contributed by atoms with van der Waals surface area (Å²) in [5.74, 6) is 0.704. The van der Waals surface area contributed by atoms with Crippen LogP contribution in [-0.2, 0) is 0 Å². The van der Waals surface area contributed by atoms with Gasteiger partial charge >= 0.3 is 0 Å². The monoisotopic (exact) mass is 296 g/mol. The standard InChI is InChI=1S/C11H16.C9H10.C2H6/c1-4-10(3)11-7-5-9(2)6-8-11;1-2-6-9-7-4-3-5-8-9;1-2/h5-8,10H,4H2,1-3H3;2-8H,1H3;1-2H3/b;6-2+;. The van der Waals surface area contributed by atoms with Gasteiger partial charge in [0, 0.05) is 0 Å². The summed E-state index contributed by atoms with van der Waals surface area (Å²) in [4.78, 5) is 0. The van der Waals surface area contributed by atoms with E-state index in [0.717, 1.165) is 0 Å². The molecule has 0 spiro atoms. The molecule has 0 radical (unpaired) electrons. The highest BCUT2D eigenvalue weighted by molar-refractivity contribution is 5.47. The van der Waals surface area contributed by atoms with E-state index >= 15 is 0 Å². The fourth-order valence-electron chi connectivity index (χ4n) is 1.89. The summed E-state index contributed by atoms with van der Waals surface area (Å²) < 4.78 is 0. The predicted octanol–water partition coefficient (Wildman–Crippen LogP) is 7.25. The molecule has 0 saturated heterocycles. The normalized spacial score (nSPS) is 11.0. The van der Waals surface area contributed by atoms with Crippen molar-refractivity contribution in [2.24, 2.45) is 0 Å². The highest BCUT2D eigenvalue weighted by Crippen LogP contribution is 2.18. The third kappa shape index (κ3) is 8.46. The lowest BCUT2D eigenvalue weighted by atomic mass is 9.98. The minimum atomic E-state index is 0.704. The van der Waals surface area contributed by atoms with Crippen molar-refractivity contribution < 1.29 is 0 Å². The quantitative estimate of drug-likeness (QED) is 0.559. The lowest BCUT2D eigenvalue weighted by Gasteiger charge is -2.07. The Morgan fingerprint density at radius 3 is 1.91 bits per heavy atom. The van der Waals surface area contributed by atoms with Crippen LogP contribution in [-0.4, -0.2) is 0 Å². The van der Waals surface area contributed by atoms with Crippen LogP contribution in [0.1, 0.15) is 63.6 Å². The maximum Gasteiger partial charge on any atom is -0.0193 e. The molecule has 2 aromatic rings. The Hall–Kier alpha value is -1.82. The summed E-state index contributed by atoms with van der Waals surface area (Å²) in [6, 6.07) is 19.1. The molecule has 1 unspecified atom stereocenters. The first kappa shape index (κ1) is 20.2. The lowest BCUT2D eigenvalue weighted by molar-refractivity contribution is 0.733. The van der Waals surface area contributed by atoms with Crippen LogP contribution in [0.2, 0.25) is 0 Å². The van der Waals surface area contributed by atoms with Crippen molar-refractivity contribution in [3.63, 3.8) is 0 Å². The third-order valence-corrected chi connectivity index (χ3v) is 3.42. The maximum atomic E-state index is 2.27. The number of rotatable bonds is 3. The Morgan fingerprint density at radius 2 is 1.45 bits per heavy atom. The largest absolute Gasteiger partial charge is 0.0871 e. The third-order valence-electron chi connectivity index (χ3n) is 3.42. The SMILES string of the molecule is C/C=C/c1ccccc1.CC.CCC(C)c1ccc(C)cc1. The molecule has 2 rings (SSSR count). The van der Waals surface area contributed by atoms with Crippen LogP contribution in [0.3, 0.4) is 0 Å². The number of hydrogen-bond donors (Lipinski definition) is 0. The number of benzene rings is 2. The average molecular weight is 296 g/mol. The maximum absolute atomic E-state index is 2.27. The summed E-state index contributed by atoms with van der Waals surface area (Å²) in [5, 5.41) is 0. The van der Waals surface area contributed by atoms with Gasteiger partial charge in [-0.2, -0.15) is 0 Å². The van der Waals surface area contributed by atoms with E-state index in [4.69, 9.17) is 0 Å². The molecule has 0 heterocycles. The second kappa shape index (κ2) is 12.9. The fourth-order valence-corrected chi connectivity index (χ4v) is 1.89. The molecular formula is C22H32. The van der Waals surface area contributed by atoms with Crippen LogP contribution in [0, 0.1) is 6.92 Å². The number of allylic oxidation sites excluding steroid dienone is 1. The Bertz CT molecular complexity index is 491. The zero-order chi connectivity index (χ0) is 16.8. The molecule has 0 fully saturated rings. The van der Waals surface area contributed by atoms with E-state index in [1.165, 1.54) is 23.1 Å². The van der Waals surface area contributed by atoms with Crippen molar-refractivity contribution in [1.82, 2.24) is 0 Å². The van der Waals surface area contributed by atoms with Gasteiger partial charge in [0.05, 0.1) is 0 Å². The second-order valence-electron chi connectivity index (χ2n) is 5.13. The average Bonchev–Trinajstić information content (AvgIpc) is 2.58. The first-order chi connectivity index (χ1) is 10.7. The van der Waals surface area contributed by atoms with Crippen LogP contribution in [0.25, 0.3) is 6.08 Å². The van der Waals surface area contributed by atoms with Gasteiger partial charge in [0.1, 0.15) is 0 Å². The molecule has 0 amide bonds. The van der Waals surface area contributed by atoms with Crippen LogP contribution >= 0.6 is 0 Å². The van der Waals surface area contributed by atoms with E-state index < -0.39 is 0 Å². The highest BCUT2D eigenvalue weighted by Gasteiger charge is 2.00. The minimum absolute atomic E-state index is 0.704. The summed E-state index contributed by atoms with van der Waals surface area (Å²) in [6.45, 7) is 12.6. The summed E-state index contributed by atoms with van der Waals surface area (Å²) >= 11 is 0. The van der Waals surface area contributed by atoms with Gasteiger partial charge < -0.3 is 0 Å². The number of aryl methyl sites for hydroxylation is 1. The molecule has 0 aliphatic carbocycles. The molecule has 0 saturated carbocycles. The first-order valence-corrected chi connectivity index (χ1v) is 8.41. The van der Waals surface area contributed by atoms with Crippen LogP contribution in [0.15, 0.2) is 60.7 Å². The van der Waals surface area contributed by atoms with Gasteiger partial charge in [-0.05, 0) is 37.3 Å². The molecular weight excluding hydrogens is 264 g/mol. The predicted molar refractivity (Wildman–Crippen MR) is 102 cm³/mol. The molecule has 120 valence electrons. The lowest BCUT2D eigenvalue weighted by Crippen LogP contribution is -1.89. The summed E-state index contributed by atoms with van der Waals surface area (Å²) in [6.07, 6.45) is 5.35. The molecule has 2 aromatic carbocycles. The van der Waals surface area contributed by atoms with Gasteiger partial charge in [0.25, 0.3) is 0 Å². The van der Waals surface area contributed by atoms with Crippen molar-refractivity contribution >= 4 is 6.08 Å². The van der Waals surface area contributed by atoms with Crippen molar-refractivity contribution in [3.8, 4) is 0 Å². The van der Waals surface area contributed by atoms with E-state index in [1.54, 1.807) is 0 Å². The van der Waals surface area contributed by atoms with Gasteiger partial charge in [-0.15, -0.1) is 0 Å². The highest BCUT2D eigenvalue weighted by atomic mass is 14.1. The minimum Gasteiger partial charge on any atom is -0.0871 e. The topological polar surface area (TPSA) is 0 Å². The molecule has 0 aliphatic rings. The van der Waals surface area contributed by atoms with Crippen molar-refractivity contribution in [3.05, 3.63) is 77.4 Å². The van der Waals surface area contributed by atoms with Crippen LogP contribution in [0.4, 0.5) is 0 Å². The van der Waals surface area contributed by atoms with Crippen molar-refractivity contribution in [1.29, 1.82) is 0 Å². The van der Waals surface area contributed by atoms with E-state index in [-0.39, 0.29) is 0 Å². The van der Waals surface area contributed by atoms with Crippen molar-refractivity contribution in [2.75, 3.05) is 0 Å². The van der Waals surface area contributed by atoms with Crippen LogP contribution in [0.5, 0.6) is 0 Å². The Kier molecular flexibility index (Phi) is 11.8. The Morgan fingerprint density at radius 1 is 0.909 bits per heavy atom. The van der Waals surface area contributed by atoms with Crippen molar-refractivity contribution in [2.45, 2.75) is 53.9 Å². The molecule has 0 aliphatic heterocycles. The van der Waals surface area contributed by atoms with Gasteiger partial charge in [-0.25, -0.2) is 0 Å². The first-order valence-electron chi connectivity index (χ1n) is 8.41. The van der Waals surface area contributed by atoms with E-state index in [9.17, 15) is 0 Å². The smallest absolute Gasteiger partial charge is 0.0193 e. The van der Waals surface area contributed by atoms with Gasteiger partial charge in [-0.3, -0.25) is 0 Å². The zero-order valence-corrected chi connectivity index (χ0v) is 15.1. The zero-order valence-electron chi connectivity index (χ0n) is 15.1. The summed E-state index contributed by atoms with van der Waals surface area (Å²) in [7, 11) is 0. The Balaban J connectivity index is 0.000000366. The molecule has 0 aromatic heterocycles. The van der Waals surface area contributed by atoms with Crippen LogP contribution < -0.4 is 0 Å². The van der Waals surface area contributed by atoms with Gasteiger partial charge in [-0.1, -0.05) is 100 Å². The molecule has 0 N–H and O–H groups in total. The van der Waals surface area contributed by atoms with Gasteiger partial charge in [0.2, 0.25) is 0 Å². The van der Waals surface area contributed by atoms with Gasteiger partial charge in [0.15, 0.2) is 0 Å². The molecule has 0 heteroatoms. The van der Waals surface area contributed by atoms with E-state index in [0.29, 0.717) is 5.92 Å². The second-order valence-corrected chi connectivity index (χ2v) is 5.13. The summed E-state index contributed by atoms with van der Waals surface area (Å²) in [5.41, 5.74) is 4.06. The molecule has 1 atom stereocenters. The molecule has 0 nitrogen and oxygen atoms in total. The fraction of sp³-hybridized carbons (Fsp3) is 0.364. The Labute approximate surface area is 137 Å². The number of hydrogen-bond acceptors (Lipinski definition) is 0. The molecule has 0 bridgehead atoms. The molecule has 22 heavy (non-hydrogen) atoms. The van der Waals surface area contributed by atoms with E-state index in [1.807, 2.05) is 45.0 Å². The van der Waals surface area contributed by atoms with E-state index in [2.05, 4.69) is 63.2 Å².